The summed E-state index contributed by atoms with van der Waals surface area (Å²) in [5.74, 6) is 0. The van der Waals surface area contributed by atoms with Crippen molar-refractivity contribution < 1.29 is 0 Å². The first-order chi connectivity index (χ1) is 6.05. The molecule has 0 bridgehead atoms. The SMILES string of the molecule is CN1[Si](C)c2ccccc2[Si]1(C)C. The summed E-state index contributed by atoms with van der Waals surface area (Å²) in [4.78, 5) is 0. The quantitative estimate of drug-likeness (QED) is 0.570. The lowest BCUT2D eigenvalue weighted by Crippen LogP contribution is -2.52. The van der Waals surface area contributed by atoms with Crippen LogP contribution in [0.3, 0.4) is 0 Å². The van der Waals surface area contributed by atoms with E-state index in [0.29, 0.717) is 0 Å². The molecule has 1 nitrogen and oxygen atoms in total. The van der Waals surface area contributed by atoms with Gasteiger partial charge in [-0.05, 0) is 17.4 Å². The van der Waals surface area contributed by atoms with Crippen molar-refractivity contribution in [3.63, 3.8) is 0 Å². The normalized spacial score (nSPS) is 21.8. The summed E-state index contributed by atoms with van der Waals surface area (Å²) in [5.41, 5.74) is 0. The van der Waals surface area contributed by atoms with E-state index in [-0.39, 0.29) is 0 Å². The van der Waals surface area contributed by atoms with Crippen LogP contribution < -0.4 is 10.4 Å². The third-order valence-electron chi connectivity index (χ3n) is 3.32. The Morgan fingerprint density at radius 3 is 2.46 bits per heavy atom. The number of fused-ring (bicyclic) bond motifs is 1. The zero-order chi connectivity index (χ0) is 9.64. The van der Waals surface area contributed by atoms with Gasteiger partial charge in [-0.3, -0.25) is 0 Å². The Morgan fingerprint density at radius 2 is 1.85 bits per heavy atom. The molecule has 0 spiro atoms. The molecule has 0 amide bonds. The van der Waals surface area contributed by atoms with E-state index in [1.54, 1.807) is 10.4 Å². The van der Waals surface area contributed by atoms with Gasteiger partial charge < -0.3 is 4.23 Å². The molecule has 2 rings (SSSR count). The number of benzene rings is 1. The highest BCUT2D eigenvalue weighted by Crippen LogP contribution is 2.15. The third kappa shape index (κ3) is 1.15. The molecule has 0 atom stereocenters. The first-order valence-corrected chi connectivity index (χ1v) is 9.62. The van der Waals surface area contributed by atoms with Gasteiger partial charge in [-0.1, -0.05) is 43.9 Å². The molecular weight excluding hydrogens is 190 g/mol. The maximum absolute atomic E-state index is 2.67. The molecule has 3 heteroatoms. The lowest BCUT2D eigenvalue weighted by molar-refractivity contribution is 0.808. The molecule has 1 aliphatic heterocycles. The minimum Gasteiger partial charge on any atom is -0.342 e. The first kappa shape index (κ1) is 9.18. The monoisotopic (exact) mass is 206 g/mol. The van der Waals surface area contributed by atoms with Gasteiger partial charge in [0.15, 0.2) is 8.96 Å². The molecule has 0 aliphatic carbocycles. The van der Waals surface area contributed by atoms with Crippen LogP contribution in [0.4, 0.5) is 0 Å². The Hall–Kier alpha value is -0.386. The minimum absolute atomic E-state index is 0.403. The fourth-order valence-corrected chi connectivity index (χ4v) is 10.4. The molecule has 1 radical (unpaired) electrons. The van der Waals surface area contributed by atoms with Crippen LogP contribution in [-0.4, -0.2) is 28.5 Å². The standard InChI is InChI=1S/C10H16NSi2/c1-11-12(2)9-7-5-6-8-10(9)13(11,3)4/h5-8H,1-4H3. The molecule has 1 aromatic carbocycles. The number of hydrogen-bond acceptors (Lipinski definition) is 1. The molecule has 0 aromatic heterocycles. The number of hydrogen-bond donors (Lipinski definition) is 0. The Kier molecular flexibility index (Phi) is 1.98. The summed E-state index contributed by atoms with van der Waals surface area (Å²) in [5, 5.41) is 3.31. The molecule has 1 aliphatic rings. The van der Waals surface area contributed by atoms with E-state index in [2.05, 4.69) is 55.2 Å². The second-order valence-corrected chi connectivity index (χ2v) is 11.4. The highest BCUT2D eigenvalue weighted by Gasteiger charge is 2.42. The summed E-state index contributed by atoms with van der Waals surface area (Å²) in [7, 11) is 0.654. The Bertz CT molecular complexity index is 335. The van der Waals surface area contributed by atoms with Crippen molar-refractivity contribution in [3.05, 3.63) is 24.3 Å². The van der Waals surface area contributed by atoms with Gasteiger partial charge in [-0.15, -0.1) is 0 Å². The topological polar surface area (TPSA) is 3.24 Å². The van der Waals surface area contributed by atoms with Gasteiger partial charge in [0.1, 0.15) is 8.24 Å². The predicted molar refractivity (Wildman–Crippen MR) is 62.6 cm³/mol. The van der Waals surface area contributed by atoms with E-state index in [1.807, 2.05) is 0 Å². The highest BCUT2D eigenvalue weighted by atomic mass is 28.4. The maximum Gasteiger partial charge on any atom is 0.162 e. The van der Waals surface area contributed by atoms with Crippen molar-refractivity contribution in [3.8, 4) is 0 Å². The molecular formula is C10H16NSi2. The lowest BCUT2D eigenvalue weighted by atomic mass is 10.4. The summed E-state index contributed by atoms with van der Waals surface area (Å²) < 4.78 is 2.67. The van der Waals surface area contributed by atoms with Crippen molar-refractivity contribution in [2.75, 3.05) is 7.05 Å². The average Bonchev–Trinajstić information content (AvgIpc) is 2.30. The molecule has 0 fully saturated rings. The van der Waals surface area contributed by atoms with Crippen LogP contribution in [0.25, 0.3) is 0 Å². The smallest absolute Gasteiger partial charge is 0.162 e. The van der Waals surface area contributed by atoms with Crippen LogP contribution in [0, 0.1) is 0 Å². The van der Waals surface area contributed by atoms with Gasteiger partial charge >= 0.3 is 0 Å². The third-order valence-corrected chi connectivity index (χ3v) is 11.9. The van der Waals surface area contributed by atoms with Gasteiger partial charge in [0.2, 0.25) is 0 Å². The van der Waals surface area contributed by atoms with Gasteiger partial charge in [-0.25, -0.2) is 0 Å². The van der Waals surface area contributed by atoms with Gasteiger partial charge in [-0.2, -0.15) is 0 Å². The second-order valence-electron chi connectivity index (χ2n) is 4.25. The number of nitrogens with zero attached hydrogens (tertiary/aromatic N) is 1. The highest BCUT2D eigenvalue weighted by molar-refractivity contribution is 7.03. The summed E-state index contributed by atoms with van der Waals surface area (Å²) in [6.07, 6.45) is 0. The van der Waals surface area contributed by atoms with Gasteiger partial charge in [0.05, 0.1) is 0 Å². The number of rotatable bonds is 0. The summed E-state index contributed by atoms with van der Waals surface area (Å²) in [6.45, 7) is 7.31. The van der Waals surface area contributed by atoms with Crippen LogP contribution in [0.2, 0.25) is 19.6 Å². The lowest BCUT2D eigenvalue weighted by Gasteiger charge is -2.28. The van der Waals surface area contributed by atoms with Crippen molar-refractivity contribution in [2.24, 2.45) is 0 Å². The maximum atomic E-state index is 2.67. The fourth-order valence-electron chi connectivity index (χ4n) is 2.11. The molecule has 69 valence electrons. The molecule has 1 aromatic rings. The van der Waals surface area contributed by atoms with Gasteiger partial charge in [0.25, 0.3) is 0 Å². The molecule has 1 heterocycles. The molecule has 0 saturated heterocycles. The van der Waals surface area contributed by atoms with E-state index in [9.17, 15) is 0 Å². The molecule has 0 unspecified atom stereocenters. The second kappa shape index (κ2) is 2.80. The molecule has 0 N–H and O–H groups in total. The van der Waals surface area contributed by atoms with E-state index >= 15 is 0 Å². The van der Waals surface area contributed by atoms with Crippen LogP contribution in [-0.2, 0) is 0 Å². The summed E-state index contributed by atoms with van der Waals surface area (Å²) in [6, 6.07) is 9.01. The first-order valence-electron chi connectivity index (χ1n) is 4.72. The zero-order valence-electron chi connectivity index (χ0n) is 8.76. The summed E-state index contributed by atoms with van der Waals surface area (Å²) >= 11 is 0. The zero-order valence-corrected chi connectivity index (χ0v) is 10.8. The van der Waals surface area contributed by atoms with Crippen LogP contribution in [0.5, 0.6) is 0 Å². The van der Waals surface area contributed by atoms with Crippen LogP contribution in [0.1, 0.15) is 0 Å². The van der Waals surface area contributed by atoms with Crippen LogP contribution in [0.15, 0.2) is 24.3 Å². The molecule has 13 heavy (non-hydrogen) atoms. The predicted octanol–water partition coefficient (Wildman–Crippen LogP) is 0.872. The van der Waals surface area contributed by atoms with Crippen LogP contribution >= 0.6 is 0 Å². The van der Waals surface area contributed by atoms with Crippen molar-refractivity contribution in [1.29, 1.82) is 0 Å². The Labute approximate surface area is 83.2 Å². The largest absolute Gasteiger partial charge is 0.342 e. The average molecular weight is 206 g/mol. The molecule has 0 saturated carbocycles. The van der Waals surface area contributed by atoms with E-state index < -0.39 is 17.2 Å². The Morgan fingerprint density at radius 1 is 1.23 bits per heavy atom. The van der Waals surface area contributed by atoms with Crippen molar-refractivity contribution in [1.82, 2.24) is 4.23 Å². The van der Waals surface area contributed by atoms with E-state index in [4.69, 9.17) is 0 Å². The van der Waals surface area contributed by atoms with E-state index in [1.165, 1.54) is 0 Å². The fraction of sp³-hybridized carbons (Fsp3) is 0.400. The van der Waals surface area contributed by atoms with Crippen molar-refractivity contribution in [2.45, 2.75) is 19.6 Å². The van der Waals surface area contributed by atoms with Gasteiger partial charge in [0, 0.05) is 0 Å². The van der Waals surface area contributed by atoms with E-state index in [0.717, 1.165) is 0 Å². The Balaban J connectivity index is 2.61. The minimum atomic E-state index is -1.25. The van der Waals surface area contributed by atoms with Crippen molar-refractivity contribution >= 4 is 27.6 Å².